The van der Waals surface area contributed by atoms with Gasteiger partial charge >= 0.3 is 0 Å². The predicted molar refractivity (Wildman–Crippen MR) is 59.2 cm³/mol. The van der Waals surface area contributed by atoms with Gasteiger partial charge in [-0.1, -0.05) is 0 Å². The Bertz CT molecular complexity index is 381. The van der Waals surface area contributed by atoms with Crippen LogP contribution in [0, 0.1) is 0 Å². The molecule has 1 aromatic rings. The average Bonchev–Trinajstić information content (AvgIpc) is 2.34. The molecule has 6 nitrogen and oxygen atoms in total. The number of aliphatic imine (C=N–C) groups is 1. The molecule has 0 spiro atoms. The van der Waals surface area contributed by atoms with Crippen LogP contribution in [-0.4, -0.2) is 35.8 Å². The van der Waals surface area contributed by atoms with Gasteiger partial charge in [0.2, 0.25) is 0 Å². The minimum atomic E-state index is 0.282. The van der Waals surface area contributed by atoms with E-state index in [1.165, 1.54) is 0 Å². The summed E-state index contributed by atoms with van der Waals surface area (Å²) in [5.74, 6) is 1.51. The second-order valence-electron chi connectivity index (χ2n) is 3.20. The van der Waals surface area contributed by atoms with Crippen molar-refractivity contribution in [2.75, 3.05) is 25.3 Å². The van der Waals surface area contributed by atoms with E-state index in [1.54, 1.807) is 12.4 Å². The topological polar surface area (TPSA) is 68.6 Å². The zero-order chi connectivity index (χ0) is 11.2. The summed E-state index contributed by atoms with van der Waals surface area (Å²) in [6.07, 6.45) is 3.31. The highest BCUT2D eigenvalue weighted by atomic mass is 16.7. The summed E-state index contributed by atoms with van der Waals surface area (Å²) in [5, 5.41) is 3.07. The van der Waals surface area contributed by atoms with Gasteiger partial charge in [0.05, 0.1) is 6.54 Å². The van der Waals surface area contributed by atoms with E-state index in [0.717, 1.165) is 17.3 Å². The molecule has 16 heavy (non-hydrogen) atoms. The summed E-state index contributed by atoms with van der Waals surface area (Å²) >= 11 is 0. The maximum Gasteiger partial charge on any atom is 0.155 e. The van der Waals surface area contributed by atoms with Gasteiger partial charge in [-0.3, -0.25) is 9.98 Å². The van der Waals surface area contributed by atoms with Crippen molar-refractivity contribution in [1.29, 1.82) is 0 Å². The molecule has 1 aliphatic heterocycles. The smallest absolute Gasteiger partial charge is 0.155 e. The lowest BCUT2D eigenvalue weighted by Crippen LogP contribution is -2.24. The molecule has 86 valence electrons. The lowest BCUT2D eigenvalue weighted by atomic mass is 10.3. The Morgan fingerprint density at radius 1 is 1.31 bits per heavy atom. The van der Waals surface area contributed by atoms with E-state index in [1.807, 2.05) is 6.92 Å². The van der Waals surface area contributed by atoms with Crippen LogP contribution in [0.5, 0.6) is 0 Å². The molecule has 0 radical (unpaired) electrons. The maximum atomic E-state index is 5.26. The molecule has 0 bridgehead atoms. The highest BCUT2D eigenvalue weighted by molar-refractivity contribution is 5.97. The van der Waals surface area contributed by atoms with Crippen molar-refractivity contribution in [1.82, 2.24) is 9.97 Å². The van der Waals surface area contributed by atoms with Gasteiger partial charge < -0.3 is 14.8 Å². The fourth-order valence-electron chi connectivity index (χ4n) is 1.30. The van der Waals surface area contributed by atoms with Crippen molar-refractivity contribution >= 4 is 11.7 Å². The zero-order valence-electron chi connectivity index (χ0n) is 9.14. The normalized spacial score (nSPS) is 13.9. The van der Waals surface area contributed by atoms with Crippen molar-refractivity contribution in [2.45, 2.75) is 13.5 Å². The Labute approximate surface area is 93.7 Å². The second-order valence-corrected chi connectivity index (χ2v) is 3.20. The number of rotatable bonds is 5. The summed E-state index contributed by atoms with van der Waals surface area (Å²) in [4.78, 5) is 12.6. The molecule has 0 unspecified atom stereocenters. The van der Waals surface area contributed by atoms with Crippen molar-refractivity contribution < 1.29 is 9.47 Å². The summed E-state index contributed by atoms with van der Waals surface area (Å²) in [6, 6.07) is 0. The van der Waals surface area contributed by atoms with Crippen LogP contribution in [0.1, 0.15) is 12.6 Å². The quantitative estimate of drug-likeness (QED) is 0.589. The lowest BCUT2D eigenvalue weighted by Gasteiger charge is -2.16. The first kappa shape index (κ1) is 11.0. The van der Waals surface area contributed by atoms with Gasteiger partial charge in [-0.2, -0.15) is 0 Å². The number of fused-ring (bicyclic) bond motifs is 1. The number of hydrogen-bond donors (Lipinski definition) is 1. The number of aromatic nitrogens is 2. The van der Waals surface area contributed by atoms with Crippen LogP contribution in [0.3, 0.4) is 0 Å². The molecular weight excluding hydrogens is 208 g/mol. The Kier molecular flexibility index (Phi) is 3.79. The molecule has 0 saturated carbocycles. The Morgan fingerprint density at radius 3 is 3.06 bits per heavy atom. The van der Waals surface area contributed by atoms with E-state index in [9.17, 15) is 0 Å². The molecule has 6 heteroatoms. The predicted octanol–water partition coefficient (Wildman–Crippen LogP) is 0.811. The van der Waals surface area contributed by atoms with E-state index in [4.69, 9.17) is 9.47 Å². The third kappa shape index (κ3) is 2.74. The van der Waals surface area contributed by atoms with E-state index in [-0.39, 0.29) is 6.79 Å². The van der Waals surface area contributed by atoms with E-state index >= 15 is 0 Å². The van der Waals surface area contributed by atoms with E-state index < -0.39 is 0 Å². The number of anilines is 1. The zero-order valence-corrected chi connectivity index (χ0v) is 9.14. The number of ether oxygens (including phenoxy) is 2. The average molecular weight is 222 g/mol. The second kappa shape index (κ2) is 5.53. The Morgan fingerprint density at radius 2 is 2.19 bits per heavy atom. The van der Waals surface area contributed by atoms with Crippen LogP contribution >= 0.6 is 0 Å². The Balaban J connectivity index is 1.84. The molecule has 2 rings (SSSR count). The molecule has 2 heterocycles. The van der Waals surface area contributed by atoms with Gasteiger partial charge in [-0.15, -0.1) is 0 Å². The monoisotopic (exact) mass is 222 g/mol. The number of nitrogens with one attached hydrogen (secondary N) is 1. The van der Waals surface area contributed by atoms with Gasteiger partial charge in [0, 0.05) is 19.0 Å². The van der Waals surface area contributed by atoms with Crippen molar-refractivity contribution in [3.63, 3.8) is 0 Å². The van der Waals surface area contributed by atoms with Gasteiger partial charge in [0.15, 0.2) is 5.82 Å². The highest BCUT2D eigenvalue weighted by Gasteiger charge is 2.12. The molecule has 0 amide bonds. The van der Waals surface area contributed by atoms with Gasteiger partial charge in [-0.05, 0) is 6.92 Å². The molecule has 0 atom stereocenters. The van der Waals surface area contributed by atoms with Gasteiger partial charge in [0.1, 0.15) is 24.9 Å². The molecule has 0 aliphatic carbocycles. The van der Waals surface area contributed by atoms with E-state index in [2.05, 4.69) is 20.3 Å². The molecule has 0 fully saturated rings. The van der Waals surface area contributed by atoms with Crippen LogP contribution in [0.15, 0.2) is 17.4 Å². The molecule has 1 N–H and O–H groups in total. The minimum Gasteiger partial charge on any atom is -0.356 e. The van der Waals surface area contributed by atoms with Crippen LogP contribution in [0.2, 0.25) is 0 Å². The summed E-state index contributed by atoms with van der Waals surface area (Å²) in [7, 11) is 0. The minimum absolute atomic E-state index is 0.282. The van der Waals surface area contributed by atoms with Gasteiger partial charge in [-0.25, -0.2) is 4.98 Å². The first-order valence-corrected chi connectivity index (χ1v) is 5.16. The molecule has 0 aromatic carbocycles. The van der Waals surface area contributed by atoms with Crippen LogP contribution in [-0.2, 0) is 16.0 Å². The highest BCUT2D eigenvalue weighted by Crippen LogP contribution is 2.13. The number of hydrogen-bond acceptors (Lipinski definition) is 6. The molecular formula is C10H14N4O2. The summed E-state index contributed by atoms with van der Waals surface area (Å²) in [5.41, 5.74) is 0.857. The fraction of sp³-hybridized carbons (Fsp3) is 0.500. The molecule has 1 aliphatic rings. The largest absolute Gasteiger partial charge is 0.356 e. The van der Waals surface area contributed by atoms with Crippen molar-refractivity contribution in [3.8, 4) is 0 Å². The third-order valence-electron chi connectivity index (χ3n) is 2.07. The lowest BCUT2D eigenvalue weighted by molar-refractivity contribution is -0.0354. The standard InChI is InChI=1S/C10H14N4O2/c1-2-15-7-16-6-9-13-5-8-10(14-9)12-4-3-11-8/h3-4H,2,5-7H2,1H3,(H,12,13,14). The van der Waals surface area contributed by atoms with Gasteiger partial charge in [0.25, 0.3) is 0 Å². The number of amidine groups is 1. The van der Waals surface area contributed by atoms with E-state index in [0.29, 0.717) is 19.8 Å². The Hall–Kier alpha value is -1.53. The van der Waals surface area contributed by atoms with Crippen LogP contribution < -0.4 is 5.32 Å². The number of nitrogens with zero attached hydrogens (tertiary/aromatic N) is 3. The first-order chi connectivity index (χ1) is 7.90. The first-order valence-electron chi connectivity index (χ1n) is 5.16. The van der Waals surface area contributed by atoms with Crippen molar-refractivity contribution in [3.05, 3.63) is 18.1 Å². The molecule has 1 aromatic heterocycles. The van der Waals surface area contributed by atoms with Crippen LogP contribution in [0.4, 0.5) is 5.82 Å². The summed E-state index contributed by atoms with van der Waals surface area (Å²) < 4.78 is 10.3. The third-order valence-corrected chi connectivity index (χ3v) is 2.07. The SMILES string of the molecule is CCOCOCC1=NCc2nccnc2N1. The molecule has 0 saturated heterocycles. The maximum absolute atomic E-state index is 5.26. The van der Waals surface area contributed by atoms with Crippen molar-refractivity contribution in [2.24, 2.45) is 4.99 Å². The summed E-state index contributed by atoms with van der Waals surface area (Å²) in [6.45, 7) is 3.80. The van der Waals surface area contributed by atoms with Crippen LogP contribution in [0.25, 0.3) is 0 Å². The fourth-order valence-corrected chi connectivity index (χ4v) is 1.30.